The maximum absolute atomic E-state index is 6.78. The number of para-hydroxylation sites is 4. The Hall–Kier alpha value is -6.46. The van der Waals surface area contributed by atoms with Crippen molar-refractivity contribution in [2.45, 2.75) is 98.8 Å². The number of hydrogen-bond acceptors (Lipinski definition) is 4. The van der Waals surface area contributed by atoms with Gasteiger partial charge < -0.3 is 8.83 Å². The van der Waals surface area contributed by atoms with Gasteiger partial charge in [-0.2, -0.15) is 0 Å². The third-order valence-corrected chi connectivity index (χ3v) is 12.9. The van der Waals surface area contributed by atoms with E-state index in [9.17, 15) is 0 Å². The number of aromatic nitrogens is 3. The number of furan rings is 2. The zero-order valence-electron chi connectivity index (χ0n) is 37.6. The van der Waals surface area contributed by atoms with E-state index in [0.717, 1.165) is 60.8 Å². The Morgan fingerprint density at radius 2 is 1.08 bits per heavy atom. The third kappa shape index (κ3) is 6.44. The molecule has 0 atom stereocenters. The van der Waals surface area contributed by atoms with Gasteiger partial charge in [0.1, 0.15) is 22.5 Å². The van der Waals surface area contributed by atoms with E-state index in [4.69, 9.17) is 18.8 Å². The summed E-state index contributed by atoms with van der Waals surface area (Å²) in [6, 6.07) is 44.0. The lowest BCUT2D eigenvalue weighted by Crippen LogP contribution is -2.09. The molecule has 310 valence electrons. The minimum atomic E-state index is 0.230. The second-order valence-corrected chi connectivity index (χ2v) is 18.8. The first kappa shape index (κ1) is 39.7. The molecule has 0 saturated carbocycles. The number of fused-ring (bicyclic) bond motifs is 7. The van der Waals surface area contributed by atoms with E-state index in [1.54, 1.807) is 0 Å². The molecule has 0 aliphatic rings. The molecular weight excluding hydrogens is 759 g/mol. The lowest BCUT2D eigenvalue weighted by atomic mass is 9.81. The molecule has 0 saturated heterocycles. The molecule has 5 nitrogen and oxygen atoms in total. The van der Waals surface area contributed by atoms with Crippen LogP contribution in [0.2, 0.25) is 0 Å². The highest BCUT2D eigenvalue weighted by molar-refractivity contribution is 6.13. The minimum Gasteiger partial charge on any atom is -0.454 e. The summed E-state index contributed by atoms with van der Waals surface area (Å²) in [7, 11) is 0. The molecule has 10 aromatic rings. The number of imidazole rings is 1. The highest BCUT2D eigenvalue weighted by Crippen LogP contribution is 2.44. The van der Waals surface area contributed by atoms with Gasteiger partial charge >= 0.3 is 0 Å². The maximum Gasteiger partial charge on any atom is 0.228 e. The van der Waals surface area contributed by atoms with Crippen molar-refractivity contribution in [1.82, 2.24) is 14.5 Å². The van der Waals surface area contributed by atoms with Crippen LogP contribution in [0.4, 0.5) is 0 Å². The first-order valence-corrected chi connectivity index (χ1v) is 22.5. The fourth-order valence-corrected chi connectivity index (χ4v) is 9.56. The van der Waals surface area contributed by atoms with Gasteiger partial charge in [-0.1, -0.05) is 142 Å². The second kappa shape index (κ2) is 15.2. The van der Waals surface area contributed by atoms with Crippen molar-refractivity contribution in [3.8, 4) is 39.3 Å². The van der Waals surface area contributed by atoms with Crippen LogP contribution >= 0.6 is 0 Å². The minimum absolute atomic E-state index is 0.230. The molecule has 4 heterocycles. The first-order valence-electron chi connectivity index (χ1n) is 22.5. The molecule has 0 amide bonds. The van der Waals surface area contributed by atoms with E-state index >= 15 is 0 Å². The summed E-state index contributed by atoms with van der Waals surface area (Å²) in [5.74, 6) is 2.63. The highest BCUT2D eigenvalue weighted by atomic mass is 16.3. The average molecular weight is 814 g/mol. The summed E-state index contributed by atoms with van der Waals surface area (Å²) in [6.45, 7) is 23.1. The Balaban J connectivity index is 1.15. The lowest BCUT2D eigenvalue weighted by molar-refractivity contribution is 0.652. The Labute approximate surface area is 364 Å². The molecule has 10 rings (SSSR count). The van der Waals surface area contributed by atoms with Crippen molar-refractivity contribution in [3.63, 3.8) is 0 Å². The molecule has 4 aromatic heterocycles. The predicted octanol–water partition coefficient (Wildman–Crippen LogP) is 16.8. The smallest absolute Gasteiger partial charge is 0.228 e. The zero-order chi connectivity index (χ0) is 43.1. The molecule has 0 aliphatic heterocycles. The van der Waals surface area contributed by atoms with Gasteiger partial charge in [0.15, 0.2) is 5.58 Å². The summed E-state index contributed by atoms with van der Waals surface area (Å²) in [6.07, 6.45) is 0. The van der Waals surface area contributed by atoms with Crippen molar-refractivity contribution >= 4 is 55.2 Å². The van der Waals surface area contributed by atoms with Gasteiger partial charge in [-0.15, -0.1) is 0 Å². The van der Waals surface area contributed by atoms with Crippen LogP contribution in [0.1, 0.15) is 127 Å². The first-order chi connectivity index (χ1) is 29.9. The Bertz CT molecular complexity index is 3270. The highest BCUT2D eigenvalue weighted by Gasteiger charge is 2.27. The Kier molecular flexibility index (Phi) is 9.70. The van der Waals surface area contributed by atoms with Crippen molar-refractivity contribution in [2.75, 3.05) is 0 Å². The van der Waals surface area contributed by atoms with E-state index in [1.807, 2.05) is 24.3 Å². The molecule has 0 N–H and O–H groups in total. The van der Waals surface area contributed by atoms with Crippen molar-refractivity contribution in [1.29, 1.82) is 0 Å². The number of hydrogen-bond donors (Lipinski definition) is 0. The van der Waals surface area contributed by atoms with Crippen molar-refractivity contribution < 1.29 is 8.83 Å². The number of benzene rings is 6. The topological polar surface area (TPSA) is 57.0 Å². The number of nitrogens with zero attached hydrogens (tertiary/aromatic N) is 3. The van der Waals surface area contributed by atoms with E-state index in [1.165, 1.54) is 55.8 Å². The number of rotatable bonds is 9. The van der Waals surface area contributed by atoms with Gasteiger partial charge in [0, 0.05) is 10.8 Å². The molecule has 0 bridgehead atoms. The molecule has 0 aliphatic carbocycles. The standard InChI is InChI=1S/C57H55N3O2/c1-31(2)38-26-43(32(3)4)52(44(27-38)33(5)6)37-24-22-36(23-25-37)39-28-45(34(7)8)54(46(29-39)35(9)10)60-49-20-13-12-19-48(49)58-56(60)42-18-15-17-40-47-30-51-53(59-57(47)62-55(40)42)41-16-11-14-21-50(41)61-51/h11-35H,1-10H3. The van der Waals surface area contributed by atoms with Crippen LogP contribution in [0, 0.1) is 0 Å². The fourth-order valence-electron chi connectivity index (χ4n) is 9.56. The van der Waals surface area contributed by atoms with Crippen LogP contribution in [0.3, 0.4) is 0 Å². The van der Waals surface area contributed by atoms with Gasteiger partial charge in [0.05, 0.1) is 27.7 Å². The fraction of sp³-hybridized carbons (Fsp3) is 0.263. The zero-order valence-corrected chi connectivity index (χ0v) is 37.6. The molecule has 0 spiro atoms. The molecule has 0 fully saturated rings. The summed E-state index contributed by atoms with van der Waals surface area (Å²) in [5, 5.41) is 2.88. The monoisotopic (exact) mass is 813 g/mol. The van der Waals surface area contributed by atoms with Gasteiger partial charge in [-0.05, 0) is 128 Å². The third-order valence-electron chi connectivity index (χ3n) is 12.9. The Morgan fingerprint density at radius 3 is 1.74 bits per heavy atom. The molecule has 6 aromatic carbocycles. The van der Waals surface area contributed by atoms with E-state index in [-0.39, 0.29) is 11.8 Å². The largest absolute Gasteiger partial charge is 0.454 e. The number of pyridine rings is 1. The molecule has 5 heteroatoms. The molecule has 62 heavy (non-hydrogen) atoms. The van der Waals surface area contributed by atoms with Crippen molar-refractivity contribution in [2.24, 2.45) is 0 Å². The van der Waals surface area contributed by atoms with Crippen LogP contribution in [-0.2, 0) is 0 Å². The van der Waals surface area contributed by atoms with Crippen molar-refractivity contribution in [3.05, 3.63) is 149 Å². The summed E-state index contributed by atoms with van der Waals surface area (Å²) >= 11 is 0. The van der Waals surface area contributed by atoms with E-state index in [2.05, 4.69) is 171 Å². The molecule has 0 radical (unpaired) electrons. The molecule has 0 unspecified atom stereocenters. The maximum atomic E-state index is 6.78. The quantitative estimate of drug-likeness (QED) is 0.146. The SMILES string of the molecule is CC(C)c1cc(C(C)C)c(-c2ccc(-c3cc(C(C)C)c(-n4c(-c5cccc6c5oc5nc7c(cc56)oc5ccccc57)nc5ccccc54)c(C(C)C)c3)cc2)c(C(C)C)c1. The van der Waals surface area contributed by atoms with Crippen LogP contribution in [-0.4, -0.2) is 14.5 Å². The normalized spacial score (nSPS) is 12.4. The summed E-state index contributed by atoms with van der Waals surface area (Å²) in [5.41, 5.74) is 19.8. The molecular formula is C57H55N3O2. The van der Waals surface area contributed by atoms with Crippen LogP contribution in [0.25, 0.3) is 94.5 Å². The average Bonchev–Trinajstić information content (AvgIpc) is 3.95. The summed E-state index contributed by atoms with van der Waals surface area (Å²) < 4.78 is 15.4. The Morgan fingerprint density at radius 1 is 0.468 bits per heavy atom. The van der Waals surface area contributed by atoms with E-state index in [0.29, 0.717) is 23.5 Å². The van der Waals surface area contributed by atoms with Gasteiger partial charge in [-0.3, -0.25) is 4.57 Å². The van der Waals surface area contributed by atoms with E-state index < -0.39 is 0 Å². The van der Waals surface area contributed by atoms with Gasteiger partial charge in [0.25, 0.3) is 0 Å². The van der Waals surface area contributed by atoms with Crippen LogP contribution < -0.4 is 0 Å². The lowest BCUT2D eigenvalue weighted by Gasteiger charge is -2.25. The van der Waals surface area contributed by atoms with Crippen LogP contribution in [0.15, 0.2) is 130 Å². The van der Waals surface area contributed by atoms with Crippen LogP contribution in [0.5, 0.6) is 0 Å². The summed E-state index contributed by atoms with van der Waals surface area (Å²) in [4.78, 5) is 10.4. The predicted molar refractivity (Wildman–Crippen MR) is 260 cm³/mol. The van der Waals surface area contributed by atoms with Gasteiger partial charge in [-0.25, -0.2) is 9.97 Å². The van der Waals surface area contributed by atoms with Gasteiger partial charge in [0.2, 0.25) is 5.71 Å². The second-order valence-electron chi connectivity index (χ2n) is 18.8.